The van der Waals surface area contributed by atoms with Crippen LogP contribution in [0.2, 0.25) is 0 Å². The van der Waals surface area contributed by atoms with Gasteiger partial charge in [0.25, 0.3) is 0 Å². The number of benzene rings is 1. The van der Waals surface area contributed by atoms with Gasteiger partial charge in [-0.05, 0) is 18.2 Å². The Hall–Kier alpha value is -1.62. The number of nitrogens with two attached hydrogens (primary N) is 1. The maximum Gasteiger partial charge on any atom is 0.337 e. The highest BCUT2D eigenvalue weighted by molar-refractivity contribution is 5.90. The van der Waals surface area contributed by atoms with Crippen molar-refractivity contribution in [3.05, 3.63) is 29.6 Å². The Morgan fingerprint density at radius 3 is 2.93 bits per heavy atom. The number of hydrogen-bond donors (Lipinski definition) is 2. The standard InChI is InChI=1S/C10H13FN2O2/c1-15-10(14)7-2-3-8(11)9(6-7)13-5-4-12/h2-3,6,13H,4-5,12H2,1H3. The van der Waals surface area contributed by atoms with E-state index in [1.165, 1.54) is 25.3 Å². The minimum absolute atomic E-state index is 0.253. The first-order valence-corrected chi connectivity index (χ1v) is 4.51. The molecule has 0 bridgehead atoms. The van der Waals surface area contributed by atoms with Gasteiger partial charge in [0.2, 0.25) is 0 Å². The first-order chi connectivity index (χ1) is 7.19. The lowest BCUT2D eigenvalue weighted by Gasteiger charge is -2.07. The van der Waals surface area contributed by atoms with Gasteiger partial charge >= 0.3 is 5.97 Å². The van der Waals surface area contributed by atoms with Crippen LogP contribution in [0.3, 0.4) is 0 Å². The molecule has 4 nitrogen and oxygen atoms in total. The van der Waals surface area contributed by atoms with Crippen molar-refractivity contribution in [2.75, 3.05) is 25.5 Å². The fraction of sp³-hybridized carbons (Fsp3) is 0.300. The molecule has 0 unspecified atom stereocenters. The number of anilines is 1. The molecular weight excluding hydrogens is 199 g/mol. The lowest BCUT2D eigenvalue weighted by atomic mass is 10.2. The van der Waals surface area contributed by atoms with Crippen LogP contribution in [0.4, 0.5) is 10.1 Å². The summed E-state index contributed by atoms with van der Waals surface area (Å²) in [4.78, 5) is 11.2. The molecule has 0 spiro atoms. The summed E-state index contributed by atoms with van der Waals surface area (Å²) in [6.45, 7) is 0.837. The Morgan fingerprint density at radius 2 is 2.33 bits per heavy atom. The number of halogens is 1. The molecule has 0 saturated carbocycles. The first kappa shape index (κ1) is 11.5. The van der Waals surface area contributed by atoms with Crippen LogP contribution < -0.4 is 11.1 Å². The third-order valence-electron chi connectivity index (χ3n) is 1.85. The summed E-state index contributed by atoms with van der Waals surface area (Å²) in [5.74, 6) is -0.915. The molecule has 0 fully saturated rings. The summed E-state index contributed by atoms with van der Waals surface area (Å²) in [5.41, 5.74) is 5.83. The number of carbonyl (C=O) groups is 1. The molecule has 5 heteroatoms. The normalized spacial score (nSPS) is 9.80. The molecule has 0 atom stereocenters. The van der Waals surface area contributed by atoms with Crippen molar-refractivity contribution in [2.45, 2.75) is 0 Å². The largest absolute Gasteiger partial charge is 0.465 e. The molecular formula is C10H13FN2O2. The Balaban J connectivity index is 2.89. The van der Waals surface area contributed by atoms with Gasteiger partial charge < -0.3 is 15.8 Å². The van der Waals surface area contributed by atoms with Gasteiger partial charge in [-0.25, -0.2) is 9.18 Å². The molecule has 82 valence electrons. The minimum atomic E-state index is -0.495. The summed E-state index contributed by atoms with van der Waals surface area (Å²) < 4.78 is 17.7. The predicted molar refractivity (Wildman–Crippen MR) is 55.3 cm³/mol. The Bertz CT molecular complexity index is 355. The molecule has 0 heterocycles. The van der Waals surface area contributed by atoms with E-state index in [4.69, 9.17) is 5.73 Å². The van der Waals surface area contributed by atoms with Gasteiger partial charge in [-0.3, -0.25) is 0 Å². The summed E-state index contributed by atoms with van der Waals surface area (Å²) in [7, 11) is 1.28. The van der Waals surface area contributed by atoms with Crippen molar-refractivity contribution in [2.24, 2.45) is 5.73 Å². The van der Waals surface area contributed by atoms with Crippen molar-refractivity contribution in [3.63, 3.8) is 0 Å². The van der Waals surface area contributed by atoms with Crippen LogP contribution in [-0.4, -0.2) is 26.2 Å². The van der Waals surface area contributed by atoms with Crippen LogP contribution in [0.1, 0.15) is 10.4 Å². The monoisotopic (exact) mass is 212 g/mol. The molecule has 1 aromatic carbocycles. The zero-order valence-electron chi connectivity index (χ0n) is 8.42. The molecule has 0 amide bonds. The molecule has 15 heavy (non-hydrogen) atoms. The van der Waals surface area contributed by atoms with Crippen LogP contribution in [0.5, 0.6) is 0 Å². The van der Waals surface area contributed by atoms with Gasteiger partial charge in [0.1, 0.15) is 5.82 Å². The van der Waals surface area contributed by atoms with Gasteiger partial charge in [-0.15, -0.1) is 0 Å². The number of ether oxygens (including phenoxy) is 1. The van der Waals surface area contributed by atoms with Crippen LogP contribution in [0.15, 0.2) is 18.2 Å². The zero-order chi connectivity index (χ0) is 11.3. The van der Waals surface area contributed by atoms with Gasteiger partial charge in [-0.2, -0.15) is 0 Å². The highest BCUT2D eigenvalue weighted by Gasteiger charge is 2.08. The minimum Gasteiger partial charge on any atom is -0.465 e. The van der Waals surface area contributed by atoms with Crippen LogP contribution in [0.25, 0.3) is 0 Å². The SMILES string of the molecule is COC(=O)c1ccc(F)c(NCCN)c1. The quantitative estimate of drug-likeness (QED) is 0.730. The number of methoxy groups -OCH3 is 1. The average Bonchev–Trinajstić information content (AvgIpc) is 2.27. The maximum atomic E-state index is 13.2. The van der Waals surface area contributed by atoms with E-state index in [1.807, 2.05) is 0 Å². The summed E-state index contributed by atoms with van der Waals surface area (Å²) in [6, 6.07) is 3.98. The van der Waals surface area contributed by atoms with Crippen LogP contribution >= 0.6 is 0 Å². The van der Waals surface area contributed by atoms with Gasteiger partial charge in [0.05, 0.1) is 18.4 Å². The second-order valence-corrected chi connectivity index (χ2v) is 2.90. The predicted octanol–water partition coefficient (Wildman–Crippen LogP) is 0.983. The summed E-state index contributed by atoms with van der Waals surface area (Å²) in [6.07, 6.45) is 0. The van der Waals surface area contributed by atoms with E-state index in [-0.39, 0.29) is 5.69 Å². The van der Waals surface area contributed by atoms with Gasteiger partial charge in [0, 0.05) is 13.1 Å². The average molecular weight is 212 g/mol. The molecule has 0 aliphatic carbocycles. The molecule has 0 aliphatic rings. The van der Waals surface area contributed by atoms with Crippen LogP contribution in [0, 0.1) is 5.82 Å². The number of nitrogens with one attached hydrogen (secondary N) is 1. The van der Waals surface area contributed by atoms with E-state index in [0.717, 1.165) is 0 Å². The number of rotatable bonds is 4. The fourth-order valence-electron chi connectivity index (χ4n) is 1.11. The van der Waals surface area contributed by atoms with E-state index in [9.17, 15) is 9.18 Å². The molecule has 1 aromatic rings. The van der Waals surface area contributed by atoms with Gasteiger partial charge in [-0.1, -0.05) is 0 Å². The van der Waals surface area contributed by atoms with Gasteiger partial charge in [0.15, 0.2) is 0 Å². The smallest absolute Gasteiger partial charge is 0.337 e. The van der Waals surface area contributed by atoms with E-state index in [2.05, 4.69) is 10.1 Å². The zero-order valence-corrected chi connectivity index (χ0v) is 8.42. The second-order valence-electron chi connectivity index (χ2n) is 2.90. The number of esters is 1. The molecule has 0 aliphatic heterocycles. The highest BCUT2D eigenvalue weighted by atomic mass is 19.1. The van der Waals surface area contributed by atoms with E-state index in [0.29, 0.717) is 18.7 Å². The van der Waals surface area contributed by atoms with Crippen molar-refractivity contribution >= 4 is 11.7 Å². The topological polar surface area (TPSA) is 64.3 Å². The molecule has 0 radical (unpaired) electrons. The van der Waals surface area contributed by atoms with E-state index < -0.39 is 11.8 Å². The maximum absolute atomic E-state index is 13.2. The summed E-state index contributed by atoms with van der Waals surface area (Å²) >= 11 is 0. The lowest BCUT2D eigenvalue weighted by Crippen LogP contribution is -2.14. The Morgan fingerprint density at radius 1 is 1.60 bits per heavy atom. The second kappa shape index (κ2) is 5.31. The van der Waals surface area contributed by atoms with Crippen molar-refractivity contribution < 1.29 is 13.9 Å². The lowest BCUT2D eigenvalue weighted by molar-refractivity contribution is 0.0601. The van der Waals surface area contributed by atoms with Crippen molar-refractivity contribution in [1.29, 1.82) is 0 Å². The molecule has 0 aromatic heterocycles. The number of hydrogen-bond acceptors (Lipinski definition) is 4. The molecule has 1 rings (SSSR count). The Kier molecular flexibility index (Phi) is 4.05. The van der Waals surface area contributed by atoms with E-state index >= 15 is 0 Å². The summed E-state index contributed by atoms with van der Waals surface area (Å²) in [5, 5.41) is 2.77. The van der Waals surface area contributed by atoms with Crippen LogP contribution in [-0.2, 0) is 4.74 Å². The molecule has 3 N–H and O–H groups in total. The van der Waals surface area contributed by atoms with E-state index in [1.54, 1.807) is 0 Å². The number of carbonyl (C=O) groups excluding carboxylic acids is 1. The highest BCUT2D eigenvalue weighted by Crippen LogP contribution is 2.16. The fourth-order valence-corrected chi connectivity index (χ4v) is 1.11. The van der Waals surface area contributed by atoms with Crippen molar-refractivity contribution in [3.8, 4) is 0 Å². The molecule has 0 saturated heterocycles. The third kappa shape index (κ3) is 2.92. The first-order valence-electron chi connectivity index (χ1n) is 4.51. The third-order valence-corrected chi connectivity index (χ3v) is 1.85. The Labute approximate surface area is 87.2 Å². The van der Waals surface area contributed by atoms with Crippen molar-refractivity contribution in [1.82, 2.24) is 0 Å².